The van der Waals surface area contributed by atoms with Crippen molar-refractivity contribution in [2.45, 2.75) is 20.4 Å². The molecule has 0 bridgehead atoms. The summed E-state index contributed by atoms with van der Waals surface area (Å²) in [5.74, 6) is -0.211. The zero-order valence-corrected chi connectivity index (χ0v) is 14.1. The summed E-state index contributed by atoms with van der Waals surface area (Å²) in [4.78, 5) is 17.6. The molecule has 0 atom stereocenters. The molecule has 0 saturated carbocycles. The summed E-state index contributed by atoms with van der Waals surface area (Å²) in [5.41, 5.74) is 3.96. The van der Waals surface area contributed by atoms with E-state index in [9.17, 15) is 4.79 Å². The van der Waals surface area contributed by atoms with E-state index in [1.807, 2.05) is 67.0 Å². The van der Waals surface area contributed by atoms with Gasteiger partial charge in [0.1, 0.15) is 0 Å². The molecule has 1 amide bonds. The Morgan fingerprint density at radius 3 is 2.74 bits per heavy atom. The van der Waals surface area contributed by atoms with Crippen molar-refractivity contribution in [3.8, 4) is 0 Å². The summed E-state index contributed by atoms with van der Waals surface area (Å²) < 4.78 is 3.13. The zero-order chi connectivity index (χ0) is 16.4. The number of carbonyl (C=O) groups is 1. The maximum Gasteiger partial charge on any atom is 0.279 e. The highest BCUT2D eigenvalue weighted by Crippen LogP contribution is 2.17. The molecule has 3 aromatic rings. The van der Waals surface area contributed by atoms with E-state index in [1.54, 1.807) is 0 Å². The van der Waals surface area contributed by atoms with Gasteiger partial charge in [0, 0.05) is 12.1 Å². The minimum absolute atomic E-state index is 0.211. The molecule has 0 aliphatic carbocycles. The van der Waals surface area contributed by atoms with Gasteiger partial charge in [0.25, 0.3) is 5.91 Å². The van der Waals surface area contributed by atoms with Gasteiger partial charge >= 0.3 is 0 Å². The van der Waals surface area contributed by atoms with Crippen LogP contribution in [0.5, 0.6) is 0 Å². The molecule has 4 heteroatoms. The second-order valence-electron chi connectivity index (χ2n) is 5.47. The first-order valence-electron chi connectivity index (χ1n) is 7.45. The van der Waals surface area contributed by atoms with Crippen molar-refractivity contribution in [3.05, 3.63) is 76.6 Å². The fourth-order valence-electron chi connectivity index (χ4n) is 2.44. The number of thiazole rings is 1. The smallest absolute Gasteiger partial charge is 0.279 e. The largest absolute Gasteiger partial charge is 0.312 e. The topological polar surface area (TPSA) is 34.4 Å². The number of carbonyl (C=O) groups excluding carboxylic acids is 1. The number of para-hydroxylation sites is 1. The first-order chi connectivity index (χ1) is 11.1. The van der Waals surface area contributed by atoms with Crippen LogP contribution in [-0.2, 0) is 6.54 Å². The van der Waals surface area contributed by atoms with Gasteiger partial charge in [-0.3, -0.25) is 4.79 Å². The number of hydrogen-bond acceptors (Lipinski definition) is 2. The molecule has 0 radical (unpaired) electrons. The predicted molar refractivity (Wildman–Crippen MR) is 95.8 cm³/mol. The Bertz CT molecular complexity index is 963. The molecular weight excluding hydrogens is 304 g/mol. The van der Waals surface area contributed by atoms with E-state index in [1.165, 1.54) is 16.9 Å². The highest BCUT2D eigenvalue weighted by molar-refractivity contribution is 7.16. The lowest BCUT2D eigenvalue weighted by Gasteiger charge is -2.02. The Labute approximate surface area is 139 Å². The van der Waals surface area contributed by atoms with E-state index in [0.29, 0.717) is 16.9 Å². The molecule has 0 aliphatic heterocycles. The number of hydrogen-bond donors (Lipinski definition) is 0. The average molecular weight is 322 g/mol. The molecular formula is C19H18N2OS. The predicted octanol–water partition coefficient (Wildman–Crippen LogP) is 4.25. The van der Waals surface area contributed by atoms with Crippen molar-refractivity contribution in [3.63, 3.8) is 0 Å². The van der Waals surface area contributed by atoms with Gasteiger partial charge in [-0.2, -0.15) is 4.99 Å². The first kappa shape index (κ1) is 15.4. The van der Waals surface area contributed by atoms with Crippen LogP contribution in [0.4, 0.5) is 0 Å². The molecule has 1 heterocycles. The molecule has 23 heavy (non-hydrogen) atoms. The Balaban J connectivity index is 2.12. The summed E-state index contributed by atoms with van der Waals surface area (Å²) in [5, 5.41) is 0. The highest BCUT2D eigenvalue weighted by Gasteiger charge is 2.09. The molecule has 0 saturated heterocycles. The minimum atomic E-state index is -0.211. The van der Waals surface area contributed by atoms with Gasteiger partial charge < -0.3 is 4.57 Å². The highest BCUT2D eigenvalue weighted by atomic mass is 32.1. The van der Waals surface area contributed by atoms with E-state index < -0.39 is 0 Å². The summed E-state index contributed by atoms with van der Waals surface area (Å²) in [6, 6.07) is 13.7. The molecule has 3 nitrogen and oxygen atoms in total. The molecule has 2 aromatic carbocycles. The van der Waals surface area contributed by atoms with E-state index in [2.05, 4.69) is 11.6 Å². The van der Waals surface area contributed by atoms with E-state index in [0.717, 1.165) is 15.8 Å². The van der Waals surface area contributed by atoms with Crippen molar-refractivity contribution in [2.75, 3.05) is 0 Å². The Morgan fingerprint density at radius 1 is 1.22 bits per heavy atom. The summed E-state index contributed by atoms with van der Waals surface area (Å²) in [6.45, 7) is 8.46. The number of aromatic nitrogens is 1. The van der Waals surface area contributed by atoms with Crippen molar-refractivity contribution < 1.29 is 4.79 Å². The van der Waals surface area contributed by atoms with Crippen LogP contribution >= 0.6 is 11.3 Å². The molecule has 0 N–H and O–H groups in total. The molecule has 0 fully saturated rings. The molecule has 0 aliphatic rings. The van der Waals surface area contributed by atoms with Crippen LogP contribution < -0.4 is 4.80 Å². The van der Waals surface area contributed by atoms with Crippen LogP contribution in [0, 0.1) is 13.8 Å². The number of allylic oxidation sites excluding steroid dienone is 1. The first-order valence-corrected chi connectivity index (χ1v) is 8.27. The second-order valence-corrected chi connectivity index (χ2v) is 6.48. The monoisotopic (exact) mass is 322 g/mol. The third-order valence-corrected chi connectivity index (χ3v) is 4.91. The van der Waals surface area contributed by atoms with Gasteiger partial charge in [0.15, 0.2) is 4.80 Å². The van der Waals surface area contributed by atoms with Crippen LogP contribution in [0.3, 0.4) is 0 Å². The Morgan fingerprint density at radius 2 is 2.00 bits per heavy atom. The van der Waals surface area contributed by atoms with E-state index >= 15 is 0 Å². The molecule has 0 unspecified atom stereocenters. The average Bonchev–Trinajstić information content (AvgIpc) is 2.88. The Hall–Kier alpha value is -2.46. The number of nitrogens with zero attached hydrogens (tertiary/aromatic N) is 2. The van der Waals surface area contributed by atoms with Gasteiger partial charge in [0.2, 0.25) is 0 Å². The lowest BCUT2D eigenvalue weighted by molar-refractivity contribution is 0.0998. The third-order valence-electron chi connectivity index (χ3n) is 3.85. The maximum atomic E-state index is 12.5. The van der Waals surface area contributed by atoms with Crippen LogP contribution in [-0.4, -0.2) is 10.5 Å². The quantitative estimate of drug-likeness (QED) is 0.664. The van der Waals surface area contributed by atoms with Gasteiger partial charge in [0.05, 0.1) is 10.2 Å². The van der Waals surface area contributed by atoms with Gasteiger partial charge in [-0.05, 0) is 49.2 Å². The van der Waals surface area contributed by atoms with Crippen molar-refractivity contribution >= 4 is 27.5 Å². The van der Waals surface area contributed by atoms with Crippen LogP contribution in [0.15, 0.2) is 60.1 Å². The number of fused-ring (bicyclic) bond motifs is 1. The molecule has 0 spiro atoms. The maximum absolute atomic E-state index is 12.5. The minimum Gasteiger partial charge on any atom is -0.312 e. The second kappa shape index (κ2) is 6.34. The van der Waals surface area contributed by atoms with E-state index in [4.69, 9.17) is 0 Å². The summed E-state index contributed by atoms with van der Waals surface area (Å²) in [6.07, 6.45) is 1.82. The zero-order valence-electron chi connectivity index (χ0n) is 13.2. The Kier molecular flexibility index (Phi) is 4.26. The van der Waals surface area contributed by atoms with Gasteiger partial charge in [-0.1, -0.05) is 35.6 Å². The van der Waals surface area contributed by atoms with Crippen molar-refractivity contribution in [1.82, 2.24) is 4.57 Å². The lowest BCUT2D eigenvalue weighted by Crippen LogP contribution is -2.16. The third kappa shape index (κ3) is 3.03. The summed E-state index contributed by atoms with van der Waals surface area (Å²) in [7, 11) is 0. The van der Waals surface area contributed by atoms with Gasteiger partial charge in [-0.25, -0.2) is 0 Å². The normalized spacial score (nSPS) is 11.8. The van der Waals surface area contributed by atoms with Crippen LogP contribution in [0.25, 0.3) is 10.2 Å². The number of benzene rings is 2. The SMILES string of the molecule is C=CCn1c(=NC(=O)c2ccc(C)c(C)c2)sc2ccccc21. The number of rotatable bonds is 3. The van der Waals surface area contributed by atoms with Crippen molar-refractivity contribution in [1.29, 1.82) is 0 Å². The number of aryl methyl sites for hydroxylation is 2. The fraction of sp³-hybridized carbons (Fsp3) is 0.158. The summed E-state index contributed by atoms with van der Waals surface area (Å²) >= 11 is 1.52. The van der Waals surface area contributed by atoms with Gasteiger partial charge in [-0.15, -0.1) is 6.58 Å². The van der Waals surface area contributed by atoms with E-state index in [-0.39, 0.29) is 5.91 Å². The molecule has 3 rings (SSSR count). The van der Waals surface area contributed by atoms with Crippen LogP contribution in [0.2, 0.25) is 0 Å². The standard InChI is InChI=1S/C19H18N2OS/c1-4-11-21-16-7-5-6-8-17(16)23-19(21)20-18(22)15-10-9-13(2)14(3)12-15/h4-10,12H,1,11H2,2-3H3. The van der Waals surface area contributed by atoms with Crippen molar-refractivity contribution in [2.24, 2.45) is 4.99 Å². The number of amides is 1. The fourth-order valence-corrected chi connectivity index (χ4v) is 3.48. The van der Waals surface area contributed by atoms with Crippen LogP contribution in [0.1, 0.15) is 21.5 Å². The molecule has 116 valence electrons. The molecule has 1 aromatic heterocycles. The lowest BCUT2D eigenvalue weighted by atomic mass is 10.1.